The van der Waals surface area contributed by atoms with Crippen LogP contribution in [-0.4, -0.2) is 15.9 Å². The van der Waals surface area contributed by atoms with Crippen molar-refractivity contribution in [2.24, 2.45) is 0 Å². The molecule has 1 aromatic heterocycles. The van der Waals surface area contributed by atoms with Gasteiger partial charge < -0.3 is 10.6 Å². The molecule has 0 spiro atoms. The van der Waals surface area contributed by atoms with E-state index >= 15 is 0 Å². The number of nitrogens with one attached hydrogen (secondary N) is 2. The highest BCUT2D eigenvalue weighted by molar-refractivity contribution is 6.30. The third kappa shape index (κ3) is 4.51. The minimum Gasteiger partial charge on any atom is -0.347 e. The number of carbonyl (C=O) groups excluding carboxylic acids is 1. The second-order valence-corrected chi connectivity index (χ2v) is 5.64. The van der Waals surface area contributed by atoms with Gasteiger partial charge in [0, 0.05) is 17.6 Å². The molecule has 0 aliphatic heterocycles. The number of carbonyl (C=O) groups is 1. The molecule has 2 aromatic carbocycles. The van der Waals surface area contributed by atoms with Gasteiger partial charge in [0.1, 0.15) is 23.7 Å². The molecule has 0 aliphatic rings. The van der Waals surface area contributed by atoms with Crippen LogP contribution in [0.4, 0.5) is 15.9 Å². The summed E-state index contributed by atoms with van der Waals surface area (Å²) >= 11 is 5.83. The average molecular weight is 357 g/mol. The second-order valence-electron chi connectivity index (χ2n) is 5.20. The maximum absolute atomic E-state index is 13.7. The van der Waals surface area contributed by atoms with Crippen LogP contribution in [-0.2, 0) is 6.54 Å². The van der Waals surface area contributed by atoms with E-state index in [1.165, 1.54) is 18.5 Å². The zero-order valence-electron chi connectivity index (χ0n) is 13.0. The van der Waals surface area contributed by atoms with Crippen molar-refractivity contribution in [3.63, 3.8) is 0 Å². The number of nitrogens with zero attached hydrogens (tertiary/aromatic N) is 2. The van der Waals surface area contributed by atoms with Crippen molar-refractivity contribution in [1.82, 2.24) is 15.3 Å². The fourth-order valence-electron chi connectivity index (χ4n) is 2.13. The number of halogens is 2. The highest BCUT2D eigenvalue weighted by Gasteiger charge is 2.10. The molecule has 0 unspecified atom stereocenters. The van der Waals surface area contributed by atoms with Crippen LogP contribution in [0.15, 0.2) is 60.9 Å². The highest BCUT2D eigenvalue weighted by atomic mass is 35.5. The largest absolute Gasteiger partial charge is 0.347 e. The summed E-state index contributed by atoms with van der Waals surface area (Å²) in [6, 6.07) is 14.8. The summed E-state index contributed by atoms with van der Waals surface area (Å²) < 4.78 is 13.7. The summed E-state index contributed by atoms with van der Waals surface area (Å²) in [5.74, 6) is -0.430. The Morgan fingerprint density at radius 1 is 1.08 bits per heavy atom. The number of aromatic nitrogens is 2. The lowest BCUT2D eigenvalue weighted by atomic mass is 10.2. The van der Waals surface area contributed by atoms with Gasteiger partial charge in [-0.3, -0.25) is 4.79 Å². The molecule has 3 rings (SSSR count). The molecular formula is C18H14ClFN4O. The molecule has 25 heavy (non-hydrogen) atoms. The van der Waals surface area contributed by atoms with Crippen molar-refractivity contribution >= 4 is 29.0 Å². The number of benzene rings is 2. The molecule has 0 saturated heterocycles. The first kappa shape index (κ1) is 16.9. The Balaban J connectivity index is 1.67. The SMILES string of the molecule is O=C(NCc1ccc(Cl)cc1)c1cc(Nc2ccccc2F)ncn1. The quantitative estimate of drug-likeness (QED) is 0.726. The van der Waals surface area contributed by atoms with Gasteiger partial charge in [0.15, 0.2) is 0 Å². The molecule has 7 heteroatoms. The molecule has 0 aliphatic carbocycles. The summed E-state index contributed by atoms with van der Waals surface area (Å²) in [6.07, 6.45) is 1.25. The molecule has 2 N–H and O–H groups in total. The van der Waals surface area contributed by atoms with Crippen LogP contribution in [0.2, 0.25) is 5.02 Å². The van der Waals surface area contributed by atoms with E-state index in [9.17, 15) is 9.18 Å². The van der Waals surface area contributed by atoms with E-state index in [0.29, 0.717) is 17.4 Å². The molecule has 0 saturated carbocycles. The molecule has 1 amide bonds. The zero-order chi connectivity index (χ0) is 17.6. The fraction of sp³-hybridized carbons (Fsp3) is 0.0556. The lowest BCUT2D eigenvalue weighted by molar-refractivity contribution is 0.0946. The van der Waals surface area contributed by atoms with Gasteiger partial charge in [-0.05, 0) is 29.8 Å². The lowest BCUT2D eigenvalue weighted by Crippen LogP contribution is -2.24. The highest BCUT2D eigenvalue weighted by Crippen LogP contribution is 2.18. The zero-order valence-corrected chi connectivity index (χ0v) is 13.8. The lowest BCUT2D eigenvalue weighted by Gasteiger charge is -2.08. The summed E-state index contributed by atoms with van der Waals surface area (Å²) in [4.78, 5) is 20.2. The number of hydrogen-bond acceptors (Lipinski definition) is 4. The first-order valence-electron chi connectivity index (χ1n) is 7.48. The van der Waals surface area contributed by atoms with E-state index in [1.54, 1.807) is 30.3 Å². The number of anilines is 2. The van der Waals surface area contributed by atoms with E-state index in [0.717, 1.165) is 5.56 Å². The Morgan fingerprint density at radius 3 is 2.60 bits per heavy atom. The van der Waals surface area contributed by atoms with Crippen LogP contribution in [0.3, 0.4) is 0 Å². The normalized spacial score (nSPS) is 10.3. The van der Waals surface area contributed by atoms with Gasteiger partial charge in [-0.2, -0.15) is 0 Å². The number of para-hydroxylation sites is 1. The van der Waals surface area contributed by atoms with E-state index in [2.05, 4.69) is 20.6 Å². The van der Waals surface area contributed by atoms with E-state index in [4.69, 9.17) is 11.6 Å². The molecule has 0 atom stereocenters. The first-order chi connectivity index (χ1) is 12.1. The van der Waals surface area contributed by atoms with Crippen LogP contribution in [0.5, 0.6) is 0 Å². The summed E-state index contributed by atoms with van der Waals surface area (Å²) in [5, 5.41) is 6.22. The molecule has 1 heterocycles. The van der Waals surface area contributed by atoms with Crippen molar-refractivity contribution in [1.29, 1.82) is 0 Å². The maximum Gasteiger partial charge on any atom is 0.270 e. The average Bonchev–Trinajstić information content (AvgIpc) is 2.63. The number of hydrogen-bond donors (Lipinski definition) is 2. The van der Waals surface area contributed by atoms with Crippen LogP contribution in [0, 0.1) is 5.82 Å². The van der Waals surface area contributed by atoms with Crippen LogP contribution in [0.25, 0.3) is 0 Å². The van der Waals surface area contributed by atoms with Crippen molar-refractivity contribution in [3.05, 3.63) is 83.0 Å². The monoisotopic (exact) mass is 356 g/mol. The van der Waals surface area contributed by atoms with Crippen molar-refractivity contribution in [2.75, 3.05) is 5.32 Å². The maximum atomic E-state index is 13.7. The second kappa shape index (κ2) is 7.72. The topological polar surface area (TPSA) is 66.9 Å². The predicted molar refractivity (Wildman–Crippen MR) is 94.3 cm³/mol. The Morgan fingerprint density at radius 2 is 1.84 bits per heavy atom. The smallest absolute Gasteiger partial charge is 0.270 e. The number of amides is 1. The van der Waals surface area contributed by atoms with E-state index < -0.39 is 5.82 Å². The Bertz CT molecular complexity index is 886. The van der Waals surface area contributed by atoms with Gasteiger partial charge in [0.2, 0.25) is 0 Å². The molecule has 126 valence electrons. The summed E-state index contributed by atoms with van der Waals surface area (Å²) in [6.45, 7) is 0.343. The first-order valence-corrected chi connectivity index (χ1v) is 7.86. The summed E-state index contributed by atoms with van der Waals surface area (Å²) in [7, 11) is 0. The third-order valence-electron chi connectivity index (χ3n) is 3.40. The Labute approximate surface area is 148 Å². The van der Waals surface area contributed by atoms with Crippen molar-refractivity contribution < 1.29 is 9.18 Å². The van der Waals surface area contributed by atoms with Gasteiger partial charge >= 0.3 is 0 Å². The Hall–Kier alpha value is -2.99. The number of rotatable bonds is 5. The molecule has 0 radical (unpaired) electrons. The van der Waals surface area contributed by atoms with Gasteiger partial charge in [0.25, 0.3) is 5.91 Å². The molecular weight excluding hydrogens is 343 g/mol. The summed E-state index contributed by atoms with van der Waals surface area (Å²) in [5.41, 5.74) is 1.37. The van der Waals surface area contributed by atoms with Crippen molar-refractivity contribution in [3.8, 4) is 0 Å². The van der Waals surface area contributed by atoms with Crippen LogP contribution in [0.1, 0.15) is 16.1 Å². The van der Waals surface area contributed by atoms with Gasteiger partial charge in [-0.15, -0.1) is 0 Å². The molecule has 5 nitrogen and oxygen atoms in total. The third-order valence-corrected chi connectivity index (χ3v) is 3.65. The van der Waals surface area contributed by atoms with Crippen LogP contribution >= 0.6 is 11.6 Å². The molecule has 3 aromatic rings. The van der Waals surface area contributed by atoms with Gasteiger partial charge in [-0.25, -0.2) is 14.4 Å². The fourth-order valence-corrected chi connectivity index (χ4v) is 2.25. The standard InChI is InChI=1S/C18H14ClFN4O/c19-13-7-5-12(6-8-13)10-21-18(25)16-9-17(23-11-22-16)24-15-4-2-1-3-14(15)20/h1-9,11H,10H2,(H,21,25)(H,22,23,24). The minimum atomic E-state index is -0.408. The van der Waals surface area contributed by atoms with Crippen LogP contribution < -0.4 is 10.6 Å². The van der Waals surface area contributed by atoms with E-state index in [-0.39, 0.29) is 17.3 Å². The predicted octanol–water partition coefficient (Wildman–Crippen LogP) is 3.94. The van der Waals surface area contributed by atoms with Gasteiger partial charge in [-0.1, -0.05) is 35.9 Å². The minimum absolute atomic E-state index is 0.183. The molecule has 0 bridgehead atoms. The van der Waals surface area contributed by atoms with Gasteiger partial charge in [0.05, 0.1) is 5.69 Å². The molecule has 0 fully saturated rings. The Kier molecular flexibility index (Phi) is 5.20. The van der Waals surface area contributed by atoms with Crippen molar-refractivity contribution in [2.45, 2.75) is 6.54 Å². The van der Waals surface area contributed by atoms with E-state index in [1.807, 2.05) is 12.1 Å².